The number of nitrogens with two attached hydrogens (primary N) is 2. The summed E-state index contributed by atoms with van der Waals surface area (Å²) in [4.78, 5) is 0. The Morgan fingerprint density at radius 1 is 0.400 bits per heavy atom. The molecule has 0 aliphatic carbocycles. The molecule has 0 aromatic rings. The second-order valence-corrected chi connectivity index (χ2v) is 9.62. The smallest absolute Gasteiger partial charge is 0.0892 e. The van der Waals surface area contributed by atoms with Crippen LogP contribution >= 0.6 is 0 Å². The van der Waals surface area contributed by atoms with Crippen molar-refractivity contribution in [2.75, 3.05) is 0 Å². The maximum absolute atomic E-state index is 5.43. The van der Waals surface area contributed by atoms with E-state index in [9.17, 15) is 0 Å². The van der Waals surface area contributed by atoms with E-state index in [1.807, 2.05) is 6.08 Å². The number of unbranched alkanes of at least 4 members (excludes halogenated alkanes) is 24. The predicted octanol–water partition coefficient (Wildman–Crippen LogP) is 9.52. The fourth-order valence-electron chi connectivity index (χ4n) is 4.38. The van der Waals surface area contributed by atoms with Gasteiger partial charge in [0.1, 0.15) is 0 Å². The second kappa shape index (κ2) is 26.4. The largest absolute Gasteiger partial charge is 0.386 e. The van der Waals surface area contributed by atoms with Gasteiger partial charge in [0, 0.05) is 0 Å². The fraction of sp³-hybridized carbons (Fsp3) is 0.929. The van der Waals surface area contributed by atoms with E-state index in [1.165, 1.54) is 154 Å². The molecule has 0 aromatic carbocycles. The average molecular weight is 423 g/mol. The van der Waals surface area contributed by atoms with E-state index in [-0.39, 0.29) is 0 Å². The highest BCUT2D eigenvalue weighted by Crippen LogP contribution is 2.15. The Kier molecular flexibility index (Phi) is 25.8. The van der Waals surface area contributed by atoms with Crippen molar-refractivity contribution in [3.05, 3.63) is 11.9 Å². The number of hydrogen-bond donors (Lipinski definition) is 2. The van der Waals surface area contributed by atoms with Gasteiger partial charge in [0.05, 0.1) is 5.82 Å². The van der Waals surface area contributed by atoms with E-state index in [0.29, 0.717) is 5.82 Å². The third kappa shape index (κ3) is 27.3. The predicted molar refractivity (Wildman–Crippen MR) is 138 cm³/mol. The molecule has 30 heavy (non-hydrogen) atoms. The molecule has 0 aromatic heterocycles. The monoisotopic (exact) mass is 422 g/mol. The van der Waals surface area contributed by atoms with Gasteiger partial charge in [-0.1, -0.05) is 155 Å². The third-order valence-corrected chi connectivity index (χ3v) is 6.44. The molecule has 0 atom stereocenters. The van der Waals surface area contributed by atoms with Gasteiger partial charge in [-0.05, 0) is 18.9 Å². The topological polar surface area (TPSA) is 52.0 Å². The number of allylic oxidation sites excluding steroid dienone is 1. The molecule has 0 spiro atoms. The summed E-state index contributed by atoms with van der Waals surface area (Å²) in [7, 11) is 0. The zero-order valence-electron chi connectivity index (χ0n) is 20.9. The van der Waals surface area contributed by atoms with Crippen molar-refractivity contribution in [2.45, 2.75) is 167 Å². The van der Waals surface area contributed by atoms with E-state index in [4.69, 9.17) is 11.5 Å². The molecule has 0 heterocycles. The van der Waals surface area contributed by atoms with Crippen molar-refractivity contribution in [2.24, 2.45) is 11.5 Å². The minimum Gasteiger partial charge on any atom is -0.386 e. The molecule has 0 radical (unpaired) electrons. The fourth-order valence-corrected chi connectivity index (χ4v) is 4.38. The van der Waals surface area contributed by atoms with Crippen LogP contribution in [0.15, 0.2) is 11.9 Å². The van der Waals surface area contributed by atoms with Crippen LogP contribution in [0, 0.1) is 0 Å². The van der Waals surface area contributed by atoms with Crippen LogP contribution < -0.4 is 11.5 Å². The second-order valence-electron chi connectivity index (χ2n) is 9.62. The standard InChI is InChI=1S/C28H58N2/c1-2-3-4-5-6-7-8-9-10-11-12-13-14-15-16-17-18-19-20-21-22-23-24-25-26-27-28(29)30/h27H,2-26,29-30H2,1H3. The van der Waals surface area contributed by atoms with Crippen molar-refractivity contribution < 1.29 is 0 Å². The molecular weight excluding hydrogens is 364 g/mol. The first-order chi connectivity index (χ1) is 14.8. The lowest BCUT2D eigenvalue weighted by Gasteiger charge is -2.04. The van der Waals surface area contributed by atoms with Gasteiger partial charge in [-0.2, -0.15) is 0 Å². The highest BCUT2D eigenvalue weighted by atomic mass is 14.8. The van der Waals surface area contributed by atoms with Crippen LogP contribution in [0.25, 0.3) is 0 Å². The van der Waals surface area contributed by atoms with Crippen LogP contribution in [0.3, 0.4) is 0 Å². The highest BCUT2D eigenvalue weighted by Gasteiger charge is 1.96. The van der Waals surface area contributed by atoms with E-state index in [2.05, 4.69) is 6.92 Å². The molecule has 0 aliphatic rings. The van der Waals surface area contributed by atoms with E-state index >= 15 is 0 Å². The lowest BCUT2D eigenvalue weighted by Crippen LogP contribution is -2.07. The molecule has 0 saturated carbocycles. The zero-order valence-corrected chi connectivity index (χ0v) is 20.9. The molecule has 2 heteroatoms. The first-order valence-electron chi connectivity index (χ1n) is 14.0. The summed E-state index contributed by atoms with van der Waals surface area (Å²) in [6.07, 6.45) is 37.5. The quantitative estimate of drug-likeness (QED) is 0.144. The van der Waals surface area contributed by atoms with Crippen LogP contribution in [-0.4, -0.2) is 0 Å². The van der Waals surface area contributed by atoms with Crippen LogP contribution in [0.1, 0.15) is 167 Å². The molecule has 0 fully saturated rings. The molecule has 180 valence electrons. The summed E-state index contributed by atoms with van der Waals surface area (Å²) < 4.78 is 0. The summed E-state index contributed by atoms with van der Waals surface area (Å²) in [5.74, 6) is 0.476. The Labute approximate surface area is 191 Å². The van der Waals surface area contributed by atoms with Gasteiger partial charge in [0.25, 0.3) is 0 Å². The van der Waals surface area contributed by atoms with Crippen LogP contribution in [-0.2, 0) is 0 Å². The van der Waals surface area contributed by atoms with E-state index in [1.54, 1.807) is 0 Å². The molecule has 2 nitrogen and oxygen atoms in total. The Morgan fingerprint density at radius 3 is 0.867 bits per heavy atom. The summed E-state index contributed by atoms with van der Waals surface area (Å²) >= 11 is 0. The molecule has 0 bridgehead atoms. The maximum atomic E-state index is 5.43. The Bertz CT molecular complexity index is 334. The van der Waals surface area contributed by atoms with Gasteiger partial charge in [-0.25, -0.2) is 0 Å². The number of rotatable bonds is 25. The normalized spacial score (nSPS) is 11.1. The zero-order chi connectivity index (χ0) is 22.0. The first-order valence-corrected chi connectivity index (χ1v) is 14.0. The van der Waals surface area contributed by atoms with Crippen LogP contribution in [0.5, 0.6) is 0 Å². The Morgan fingerprint density at radius 2 is 0.633 bits per heavy atom. The van der Waals surface area contributed by atoms with Crippen molar-refractivity contribution in [3.8, 4) is 0 Å². The van der Waals surface area contributed by atoms with Crippen LogP contribution in [0.4, 0.5) is 0 Å². The van der Waals surface area contributed by atoms with Crippen molar-refractivity contribution >= 4 is 0 Å². The molecule has 0 rings (SSSR count). The Hall–Kier alpha value is -0.660. The molecule has 4 N–H and O–H groups in total. The summed E-state index contributed by atoms with van der Waals surface area (Å²) in [5.41, 5.74) is 10.9. The van der Waals surface area contributed by atoms with Gasteiger partial charge in [0.15, 0.2) is 0 Å². The molecule has 0 saturated heterocycles. The Balaban J connectivity index is 3.01. The SMILES string of the molecule is CCCCCCCCCCCCCCCCCCCCCCCCCCC=C(N)N. The van der Waals surface area contributed by atoms with Gasteiger partial charge < -0.3 is 11.5 Å². The van der Waals surface area contributed by atoms with Crippen molar-refractivity contribution in [1.82, 2.24) is 0 Å². The first kappa shape index (κ1) is 29.3. The lowest BCUT2D eigenvalue weighted by molar-refractivity contribution is 0.517. The van der Waals surface area contributed by atoms with Gasteiger partial charge in [0.2, 0.25) is 0 Å². The minimum atomic E-state index is 0.476. The molecule has 0 unspecified atom stereocenters. The van der Waals surface area contributed by atoms with Gasteiger partial charge >= 0.3 is 0 Å². The third-order valence-electron chi connectivity index (χ3n) is 6.44. The van der Waals surface area contributed by atoms with E-state index in [0.717, 1.165) is 6.42 Å². The molecule has 0 amide bonds. The van der Waals surface area contributed by atoms with Gasteiger partial charge in [-0.15, -0.1) is 0 Å². The summed E-state index contributed by atoms with van der Waals surface area (Å²) in [6.45, 7) is 2.30. The summed E-state index contributed by atoms with van der Waals surface area (Å²) in [6, 6.07) is 0. The molecular formula is C28H58N2. The highest BCUT2D eigenvalue weighted by molar-refractivity contribution is 4.89. The maximum Gasteiger partial charge on any atom is 0.0892 e. The summed E-state index contributed by atoms with van der Waals surface area (Å²) in [5, 5.41) is 0. The molecule has 0 aliphatic heterocycles. The van der Waals surface area contributed by atoms with Crippen molar-refractivity contribution in [1.29, 1.82) is 0 Å². The van der Waals surface area contributed by atoms with Crippen LogP contribution in [0.2, 0.25) is 0 Å². The van der Waals surface area contributed by atoms with Crippen molar-refractivity contribution in [3.63, 3.8) is 0 Å². The van der Waals surface area contributed by atoms with E-state index < -0.39 is 0 Å². The van der Waals surface area contributed by atoms with Gasteiger partial charge in [-0.3, -0.25) is 0 Å². The average Bonchev–Trinajstić information content (AvgIpc) is 2.73. The lowest BCUT2D eigenvalue weighted by atomic mass is 10.0. The number of hydrogen-bond acceptors (Lipinski definition) is 2. The minimum absolute atomic E-state index is 0.476.